The summed E-state index contributed by atoms with van der Waals surface area (Å²) < 4.78 is 83.4. The van der Waals surface area contributed by atoms with E-state index in [-0.39, 0.29) is 30.2 Å². The molecule has 2 atom stereocenters. The van der Waals surface area contributed by atoms with Crippen LogP contribution in [0.4, 0.5) is 38.0 Å². The van der Waals surface area contributed by atoms with Crippen LogP contribution in [0.3, 0.4) is 0 Å². The number of carbonyl (C=O) groups excluding carboxylic acids is 1. The number of H-pyrrole nitrogens is 1. The first-order chi connectivity index (χ1) is 17.8. The number of rotatable bonds is 6. The zero-order valence-electron chi connectivity index (χ0n) is 20.3. The number of carbonyl (C=O) groups is 1. The molecule has 2 aromatic rings. The number of amides is 1. The third kappa shape index (κ3) is 6.19. The summed E-state index contributed by atoms with van der Waals surface area (Å²) in [5.74, 6) is -0.127. The molecule has 9 nitrogen and oxygen atoms in total. The molecule has 4 rings (SSSR count). The molecule has 1 amide bonds. The molecule has 15 heteroatoms. The van der Waals surface area contributed by atoms with Crippen molar-refractivity contribution < 1.29 is 35.9 Å². The number of nitrogens with zero attached hydrogens (tertiary/aromatic N) is 5. The monoisotopic (exact) mass is 548 g/mol. The molecule has 0 saturated carbocycles. The lowest BCUT2D eigenvalue weighted by molar-refractivity contribution is -0.143. The van der Waals surface area contributed by atoms with Gasteiger partial charge in [0.2, 0.25) is 5.95 Å². The standard InChI is InChI=1S/C23H26F6N6O3/c1-14(20(37)33-5-7-34(8-6-33)21-31-10-15(11-32-21)22(24,25)26)38-13-16-3-2-4-35(16)17-9-18(23(27,28)29)19(36)30-12-17/h9-12,14,16H,2-8,13H2,1H3,(H,30,36)/t14?,16-/m0/s1. The molecule has 0 radical (unpaired) electrons. The molecule has 1 unspecified atom stereocenters. The Morgan fingerprint density at radius 2 is 1.74 bits per heavy atom. The largest absolute Gasteiger partial charge is 0.421 e. The molecule has 4 heterocycles. The quantitative estimate of drug-likeness (QED) is 0.555. The minimum absolute atomic E-state index is 0.104. The molecule has 38 heavy (non-hydrogen) atoms. The lowest BCUT2D eigenvalue weighted by atomic mass is 10.2. The van der Waals surface area contributed by atoms with E-state index < -0.39 is 35.1 Å². The van der Waals surface area contributed by atoms with Gasteiger partial charge in [0.15, 0.2) is 0 Å². The Bertz CT molecular complexity index is 1180. The molecule has 2 fully saturated rings. The number of alkyl halides is 6. The first kappa shape index (κ1) is 27.7. The Balaban J connectivity index is 1.30. The van der Waals surface area contributed by atoms with Crippen molar-refractivity contribution in [2.75, 3.05) is 49.1 Å². The summed E-state index contributed by atoms with van der Waals surface area (Å²) in [6, 6.07) is 0.553. The molecule has 0 aliphatic carbocycles. The maximum absolute atomic E-state index is 13.2. The van der Waals surface area contributed by atoms with E-state index in [4.69, 9.17) is 4.74 Å². The highest BCUT2D eigenvalue weighted by Crippen LogP contribution is 2.32. The Kier molecular flexibility index (Phi) is 7.85. The molecule has 2 aliphatic heterocycles. The lowest BCUT2D eigenvalue weighted by Crippen LogP contribution is -2.52. The van der Waals surface area contributed by atoms with Crippen LogP contribution in [0.1, 0.15) is 30.9 Å². The number of ether oxygens (including phenoxy) is 1. The van der Waals surface area contributed by atoms with Crippen molar-refractivity contribution >= 4 is 17.5 Å². The smallest absolute Gasteiger partial charge is 0.367 e. The van der Waals surface area contributed by atoms with Gasteiger partial charge in [-0.1, -0.05) is 0 Å². The number of aromatic nitrogens is 3. The van der Waals surface area contributed by atoms with E-state index in [2.05, 4.69) is 15.0 Å². The lowest BCUT2D eigenvalue weighted by Gasteiger charge is -2.36. The van der Waals surface area contributed by atoms with Crippen molar-refractivity contribution in [3.63, 3.8) is 0 Å². The van der Waals surface area contributed by atoms with Crippen LogP contribution in [0, 0.1) is 0 Å². The molecule has 2 aliphatic rings. The highest BCUT2D eigenvalue weighted by molar-refractivity contribution is 5.80. The van der Waals surface area contributed by atoms with Crippen LogP contribution in [0.25, 0.3) is 0 Å². The molecule has 1 N–H and O–H groups in total. The maximum atomic E-state index is 13.2. The molecule has 208 valence electrons. The highest BCUT2D eigenvalue weighted by Gasteiger charge is 2.36. The summed E-state index contributed by atoms with van der Waals surface area (Å²) in [5.41, 5.74) is -3.20. The van der Waals surface area contributed by atoms with Crippen LogP contribution in [0.2, 0.25) is 0 Å². The van der Waals surface area contributed by atoms with Crippen molar-refractivity contribution in [3.8, 4) is 0 Å². The van der Waals surface area contributed by atoms with Gasteiger partial charge in [0, 0.05) is 51.3 Å². The first-order valence-corrected chi connectivity index (χ1v) is 12.0. The number of halogens is 6. The minimum atomic E-state index is -4.78. The van der Waals surface area contributed by atoms with E-state index in [0.29, 0.717) is 45.6 Å². The summed E-state index contributed by atoms with van der Waals surface area (Å²) in [7, 11) is 0. The normalized spacial score (nSPS) is 19.7. The fourth-order valence-corrected chi connectivity index (χ4v) is 4.54. The molecule has 0 bridgehead atoms. The second-order valence-electron chi connectivity index (χ2n) is 9.15. The third-order valence-corrected chi connectivity index (χ3v) is 6.63. The number of pyridine rings is 1. The van der Waals surface area contributed by atoms with Crippen molar-refractivity contribution in [1.29, 1.82) is 0 Å². The van der Waals surface area contributed by atoms with Gasteiger partial charge in [-0.3, -0.25) is 9.59 Å². The first-order valence-electron chi connectivity index (χ1n) is 12.0. The van der Waals surface area contributed by atoms with E-state index in [0.717, 1.165) is 18.5 Å². The second kappa shape index (κ2) is 10.8. The predicted molar refractivity (Wildman–Crippen MR) is 124 cm³/mol. The Hall–Kier alpha value is -3.36. The molecule has 0 spiro atoms. The van der Waals surface area contributed by atoms with Crippen LogP contribution in [-0.2, 0) is 21.9 Å². The summed E-state index contributed by atoms with van der Waals surface area (Å²) in [6.07, 6.45) is -6.08. The SMILES string of the molecule is CC(OC[C@@H]1CCCN1c1c[nH]c(=O)c(C(F)(F)F)c1)C(=O)N1CCN(c2ncc(C(F)(F)F)cn2)CC1. The number of hydrogen-bond donors (Lipinski definition) is 1. The van der Waals surface area contributed by atoms with Gasteiger partial charge >= 0.3 is 12.4 Å². The molecule has 0 aromatic carbocycles. The van der Waals surface area contributed by atoms with Gasteiger partial charge in [-0.15, -0.1) is 0 Å². The summed E-state index contributed by atoms with van der Waals surface area (Å²) >= 11 is 0. The van der Waals surface area contributed by atoms with E-state index in [1.54, 1.807) is 21.6 Å². The van der Waals surface area contributed by atoms with Crippen molar-refractivity contribution in [1.82, 2.24) is 19.9 Å². The Labute approximate surface area is 213 Å². The second-order valence-corrected chi connectivity index (χ2v) is 9.15. The predicted octanol–water partition coefficient (Wildman–Crippen LogP) is 2.93. The average Bonchev–Trinajstić information content (AvgIpc) is 3.35. The zero-order valence-corrected chi connectivity index (χ0v) is 20.3. The summed E-state index contributed by atoms with van der Waals surface area (Å²) in [4.78, 5) is 39.2. The van der Waals surface area contributed by atoms with Crippen molar-refractivity contribution in [3.05, 3.63) is 46.1 Å². The van der Waals surface area contributed by atoms with Crippen molar-refractivity contribution in [2.45, 2.75) is 44.3 Å². The summed E-state index contributed by atoms with van der Waals surface area (Å²) in [6.45, 7) is 3.42. The van der Waals surface area contributed by atoms with Gasteiger partial charge in [0.05, 0.1) is 23.9 Å². The third-order valence-electron chi connectivity index (χ3n) is 6.63. The van der Waals surface area contributed by atoms with Gasteiger partial charge in [-0.05, 0) is 25.8 Å². The molecular formula is C23H26F6N6O3. The Morgan fingerprint density at radius 3 is 2.34 bits per heavy atom. The minimum Gasteiger partial charge on any atom is -0.367 e. The van der Waals surface area contributed by atoms with E-state index >= 15 is 0 Å². The van der Waals surface area contributed by atoms with Gasteiger partial charge in [0.25, 0.3) is 11.5 Å². The summed E-state index contributed by atoms with van der Waals surface area (Å²) in [5, 5.41) is 0. The number of piperazine rings is 1. The number of anilines is 2. The maximum Gasteiger partial charge on any atom is 0.421 e. The van der Waals surface area contributed by atoms with Gasteiger partial charge in [-0.2, -0.15) is 26.3 Å². The molecule has 2 aromatic heterocycles. The van der Waals surface area contributed by atoms with E-state index in [1.165, 1.54) is 6.20 Å². The van der Waals surface area contributed by atoms with Crippen molar-refractivity contribution in [2.24, 2.45) is 0 Å². The van der Waals surface area contributed by atoms with Gasteiger partial charge in [-0.25, -0.2) is 9.97 Å². The van der Waals surface area contributed by atoms with Crippen LogP contribution in [-0.4, -0.2) is 77.2 Å². The highest BCUT2D eigenvalue weighted by atomic mass is 19.4. The fourth-order valence-electron chi connectivity index (χ4n) is 4.54. The number of hydrogen-bond acceptors (Lipinski definition) is 7. The number of aromatic amines is 1. The Morgan fingerprint density at radius 1 is 1.08 bits per heavy atom. The average molecular weight is 548 g/mol. The fraction of sp³-hybridized carbons (Fsp3) is 0.565. The van der Waals surface area contributed by atoms with Crippen LogP contribution in [0.15, 0.2) is 29.5 Å². The van der Waals surface area contributed by atoms with E-state index in [1.807, 2.05) is 0 Å². The van der Waals surface area contributed by atoms with Gasteiger partial charge in [0.1, 0.15) is 11.7 Å². The van der Waals surface area contributed by atoms with Crippen LogP contribution in [0.5, 0.6) is 0 Å². The molecule has 2 saturated heterocycles. The molecular weight excluding hydrogens is 522 g/mol. The zero-order chi connectivity index (χ0) is 27.7. The van der Waals surface area contributed by atoms with Gasteiger partial charge < -0.3 is 24.4 Å². The van der Waals surface area contributed by atoms with Crippen LogP contribution >= 0.6 is 0 Å². The van der Waals surface area contributed by atoms with E-state index in [9.17, 15) is 35.9 Å². The van der Waals surface area contributed by atoms with Crippen LogP contribution < -0.4 is 15.4 Å². The number of nitrogens with one attached hydrogen (secondary N) is 1. The topological polar surface area (TPSA) is 94.7 Å².